The maximum atomic E-state index is 3.88. The van der Waals surface area contributed by atoms with E-state index in [0.717, 1.165) is 12.4 Å². The summed E-state index contributed by atoms with van der Waals surface area (Å²) < 4.78 is 0. The minimum Gasteiger partial charge on any atom is -0.361 e. The molecule has 0 spiro atoms. The van der Waals surface area contributed by atoms with Crippen molar-refractivity contribution in [2.45, 2.75) is 4.90 Å². The van der Waals surface area contributed by atoms with Crippen molar-refractivity contribution in [2.24, 2.45) is 0 Å². The molecule has 0 N–H and O–H groups in total. The number of anilines is 1. The highest BCUT2D eigenvalue weighted by Gasteiger charge is 2.16. The normalized spacial score (nSPS) is 15.2. The molecule has 0 unspecified atom stereocenters. The maximum Gasteiger partial charge on any atom is 0.0686 e. The van der Waals surface area contributed by atoms with E-state index in [1.807, 2.05) is 11.8 Å². The molecular formula is C9H10NS. The van der Waals surface area contributed by atoms with Crippen LogP contribution in [0.25, 0.3) is 0 Å². The molecule has 1 aliphatic heterocycles. The van der Waals surface area contributed by atoms with E-state index in [9.17, 15) is 0 Å². The highest BCUT2D eigenvalue weighted by atomic mass is 32.2. The lowest BCUT2D eigenvalue weighted by atomic mass is 10.3. The Morgan fingerprint density at radius 2 is 2.27 bits per heavy atom. The van der Waals surface area contributed by atoms with Crippen LogP contribution in [0.15, 0.2) is 29.2 Å². The molecule has 0 saturated heterocycles. The summed E-state index contributed by atoms with van der Waals surface area (Å²) >= 11 is 1.89. The minimum atomic E-state index is 0.865. The molecule has 0 amide bonds. The van der Waals surface area contributed by atoms with E-state index < -0.39 is 0 Å². The fourth-order valence-electron chi connectivity index (χ4n) is 1.24. The van der Waals surface area contributed by atoms with Gasteiger partial charge >= 0.3 is 0 Å². The third-order valence-electron chi connectivity index (χ3n) is 1.85. The van der Waals surface area contributed by atoms with Crippen LogP contribution in [-0.4, -0.2) is 12.4 Å². The SMILES string of the molecule is [CH2]CN1CSc2ccccc21. The van der Waals surface area contributed by atoms with Crippen LogP contribution in [0.3, 0.4) is 0 Å². The number of rotatable bonds is 1. The van der Waals surface area contributed by atoms with Crippen LogP contribution in [0, 0.1) is 6.92 Å². The summed E-state index contributed by atoms with van der Waals surface area (Å²) in [6, 6.07) is 8.47. The molecule has 0 aromatic heterocycles. The predicted octanol–water partition coefficient (Wildman–Crippen LogP) is 2.39. The number of para-hydroxylation sites is 1. The average Bonchev–Trinajstić information content (AvgIpc) is 2.47. The van der Waals surface area contributed by atoms with Crippen molar-refractivity contribution >= 4 is 17.4 Å². The number of nitrogens with zero attached hydrogens (tertiary/aromatic N) is 1. The lowest BCUT2D eigenvalue weighted by Gasteiger charge is -2.14. The van der Waals surface area contributed by atoms with Crippen LogP contribution in [0.4, 0.5) is 5.69 Å². The van der Waals surface area contributed by atoms with Crippen LogP contribution in [-0.2, 0) is 0 Å². The van der Waals surface area contributed by atoms with Crippen LogP contribution >= 0.6 is 11.8 Å². The second-order valence-corrected chi connectivity index (χ2v) is 3.49. The number of hydrogen-bond donors (Lipinski definition) is 0. The summed E-state index contributed by atoms with van der Waals surface area (Å²) in [6.45, 7) is 4.74. The molecule has 1 aliphatic rings. The zero-order chi connectivity index (χ0) is 7.68. The first-order valence-corrected chi connectivity index (χ1v) is 4.66. The molecule has 57 valence electrons. The molecule has 1 nitrogen and oxygen atoms in total. The molecule has 2 rings (SSSR count). The summed E-state index contributed by atoms with van der Waals surface area (Å²) in [5.41, 5.74) is 1.34. The maximum absolute atomic E-state index is 3.88. The molecular weight excluding hydrogens is 154 g/mol. The van der Waals surface area contributed by atoms with Gasteiger partial charge in [-0.1, -0.05) is 12.1 Å². The van der Waals surface area contributed by atoms with Gasteiger partial charge in [-0.2, -0.15) is 0 Å². The monoisotopic (exact) mass is 164 g/mol. The van der Waals surface area contributed by atoms with Crippen LogP contribution < -0.4 is 4.90 Å². The zero-order valence-corrected chi connectivity index (χ0v) is 7.10. The van der Waals surface area contributed by atoms with Crippen LogP contribution in [0.5, 0.6) is 0 Å². The highest BCUT2D eigenvalue weighted by Crippen LogP contribution is 2.37. The van der Waals surface area contributed by atoms with Gasteiger partial charge in [0.25, 0.3) is 0 Å². The molecule has 1 aromatic rings. The van der Waals surface area contributed by atoms with Crippen molar-refractivity contribution in [1.82, 2.24) is 0 Å². The molecule has 0 atom stereocenters. The Labute approximate surface area is 71.4 Å². The summed E-state index contributed by atoms with van der Waals surface area (Å²) in [5.74, 6) is 1.06. The van der Waals surface area contributed by atoms with Gasteiger partial charge in [-0.15, -0.1) is 11.8 Å². The van der Waals surface area contributed by atoms with Crippen molar-refractivity contribution in [1.29, 1.82) is 0 Å². The molecule has 1 aromatic carbocycles. The number of benzene rings is 1. The van der Waals surface area contributed by atoms with E-state index >= 15 is 0 Å². The van der Waals surface area contributed by atoms with Crippen molar-refractivity contribution in [3.8, 4) is 0 Å². The molecule has 2 heteroatoms. The molecule has 0 aliphatic carbocycles. The predicted molar refractivity (Wildman–Crippen MR) is 49.9 cm³/mol. The highest BCUT2D eigenvalue weighted by molar-refractivity contribution is 7.99. The number of thioether (sulfide) groups is 1. The first-order chi connectivity index (χ1) is 5.42. The second-order valence-electron chi connectivity index (χ2n) is 2.50. The standard InChI is InChI=1S/C9H10NS/c1-2-10-7-11-9-6-4-3-5-8(9)10/h3-6H,1-2,7H2. The van der Waals surface area contributed by atoms with Gasteiger partial charge in [0.1, 0.15) is 0 Å². The second kappa shape index (κ2) is 2.78. The Bertz CT molecular complexity index is 259. The van der Waals surface area contributed by atoms with Gasteiger partial charge in [0.2, 0.25) is 0 Å². The minimum absolute atomic E-state index is 0.865. The van der Waals surface area contributed by atoms with Gasteiger partial charge < -0.3 is 4.90 Å². The quantitative estimate of drug-likeness (QED) is 0.627. The van der Waals surface area contributed by atoms with Gasteiger partial charge in [-0.05, 0) is 19.1 Å². The Morgan fingerprint density at radius 3 is 3.09 bits per heavy atom. The van der Waals surface area contributed by atoms with E-state index in [4.69, 9.17) is 0 Å². The topological polar surface area (TPSA) is 3.24 Å². The molecule has 0 saturated carbocycles. The van der Waals surface area contributed by atoms with Gasteiger partial charge in [0.15, 0.2) is 0 Å². The average molecular weight is 164 g/mol. The fraction of sp³-hybridized carbons (Fsp3) is 0.222. The Hall–Kier alpha value is -0.630. The van der Waals surface area contributed by atoms with Gasteiger partial charge in [-0.25, -0.2) is 0 Å². The Kier molecular flexibility index (Phi) is 1.78. The van der Waals surface area contributed by atoms with E-state index in [1.165, 1.54) is 10.6 Å². The first kappa shape index (κ1) is 7.04. The van der Waals surface area contributed by atoms with E-state index in [0.29, 0.717) is 0 Å². The van der Waals surface area contributed by atoms with E-state index in [-0.39, 0.29) is 0 Å². The molecule has 1 radical (unpaired) electrons. The van der Waals surface area contributed by atoms with Crippen molar-refractivity contribution in [2.75, 3.05) is 17.3 Å². The molecule has 0 bridgehead atoms. The molecule has 1 heterocycles. The summed E-state index contributed by atoms with van der Waals surface area (Å²) in [4.78, 5) is 3.66. The van der Waals surface area contributed by atoms with Gasteiger partial charge in [0.05, 0.1) is 11.6 Å². The van der Waals surface area contributed by atoms with Gasteiger partial charge in [-0.3, -0.25) is 0 Å². The van der Waals surface area contributed by atoms with Gasteiger partial charge in [0, 0.05) is 11.4 Å². The summed E-state index contributed by atoms with van der Waals surface area (Å²) in [5, 5.41) is 0. The molecule has 11 heavy (non-hydrogen) atoms. The third-order valence-corrected chi connectivity index (χ3v) is 2.95. The number of fused-ring (bicyclic) bond motifs is 1. The van der Waals surface area contributed by atoms with Crippen molar-refractivity contribution in [3.63, 3.8) is 0 Å². The summed E-state index contributed by atoms with van der Waals surface area (Å²) in [6.07, 6.45) is 0. The lowest BCUT2D eigenvalue weighted by Crippen LogP contribution is -2.17. The van der Waals surface area contributed by atoms with Crippen molar-refractivity contribution in [3.05, 3.63) is 31.2 Å². The Morgan fingerprint density at radius 1 is 1.45 bits per heavy atom. The Balaban J connectivity index is 2.39. The number of hydrogen-bond acceptors (Lipinski definition) is 2. The zero-order valence-electron chi connectivity index (χ0n) is 6.29. The first-order valence-electron chi connectivity index (χ1n) is 3.68. The lowest BCUT2D eigenvalue weighted by molar-refractivity contribution is 1.01. The third kappa shape index (κ3) is 1.11. The fourth-order valence-corrected chi connectivity index (χ4v) is 2.33. The molecule has 0 fully saturated rings. The van der Waals surface area contributed by atoms with Crippen LogP contribution in [0.1, 0.15) is 0 Å². The smallest absolute Gasteiger partial charge is 0.0686 e. The largest absolute Gasteiger partial charge is 0.361 e. The van der Waals surface area contributed by atoms with E-state index in [2.05, 4.69) is 36.1 Å². The van der Waals surface area contributed by atoms with Crippen LogP contribution in [0.2, 0.25) is 0 Å². The van der Waals surface area contributed by atoms with E-state index in [1.54, 1.807) is 0 Å². The van der Waals surface area contributed by atoms with Crippen molar-refractivity contribution < 1.29 is 0 Å². The summed E-state index contributed by atoms with van der Waals surface area (Å²) in [7, 11) is 0.